The lowest BCUT2D eigenvalue weighted by molar-refractivity contribution is -0.183. The van der Waals surface area contributed by atoms with E-state index >= 15 is 0 Å². The van der Waals surface area contributed by atoms with Gasteiger partial charge in [-0.3, -0.25) is 9.59 Å². The maximum Gasteiger partial charge on any atom is 0.428 e. The molecule has 6 nitrogen and oxygen atoms in total. The van der Waals surface area contributed by atoms with Crippen LogP contribution in [-0.2, 0) is 20.4 Å². The van der Waals surface area contributed by atoms with E-state index in [1.807, 2.05) is 19.1 Å². The predicted octanol–water partition coefficient (Wildman–Crippen LogP) is 8.18. The minimum Gasteiger partial charge on any atom is -0.506 e. The van der Waals surface area contributed by atoms with Crippen LogP contribution in [0.2, 0.25) is 0 Å². The van der Waals surface area contributed by atoms with Gasteiger partial charge in [-0.15, -0.1) is 0 Å². The van der Waals surface area contributed by atoms with E-state index in [1.165, 1.54) is 11.6 Å². The van der Waals surface area contributed by atoms with E-state index in [9.17, 15) is 32.3 Å². The molecule has 2 aromatic carbocycles. The average Bonchev–Trinajstić information content (AvgIpc) is 2.91. The lowest BCUT2D eigenvalue weighted by Gasteiger charge is -2.31. The lowest BCUT2D eigenvalue weighted by Crippen LogP contribution is -2.36. The van der Waals surface area contributed by atoms with Crippen LogP contribution < -0.4 is 15.4 Å². The average molecular weight is 583 g/mol. The summed E-state index contributed by atoms with van der Waals surface area (Å²) in [5.41, 5.74) is 1.60. The molecule has 2 atom stereocenters. The van der Waals surface area contributed by atoms with Crippen molar-refractivity contribution < 1.29 is 37.0 Å². The summed E-state index contributed by atoms with van der Waals surface area (Å²) in [6.45, 7) is 14.8. The van der Waals surface area contributed by atoms with Crippen LogP contribution in [0.3, 0.4) is 0 Å². The van der Waals surface area contributed by atoms with Crippen molar-refractivity contribution >= 4 is 23.2 Å². The van der Waals surface area contributed by atoms with Crippen molar-refractivity contribution in [2.45, 2.75) is 110 Å². The molecule has 2 rings (SSSR count). The SMILES string of the molecule is CCCCC(Oc1ccc(C(C)(C)CC)cc1C(C)(C)CC)C(=O)Nc1ccc(NC(=O)C(F)C(F)(F)F)c(O)c1. The Balaban J connectivity index is 2.32. The van der Waals surface area contributed by atoms with Gasteiger partial charge >= 0.3 is 6.18 Å². The zero-order valence-electron chi connectivity index (χ0n) is 24.8. The highest BCUT2D eigenvalue weighted by Crippen LogP contribution is 2.39. The molecule has 0 fully saturated rings. The molecule has 10 heteroatoms. The van der Waals surface area contributed by atoms with Crippen LogP contribution in [0, 0.1) is 0 Å². The monoisotopic (exact) mass is 582 g/mol. The van der Waals surface area contributed by atoms with Gasteiger partial charge in [0.2, 0.25) is 0 Å². The zero-order valence-corrected chi connectivity index (χ0v) is 24.8. The fraction of sp³-hybridized carbons (Fsp3) is 0.548. The number of aromatic hydroxyl groups is 1. The van der Waals surface area contributed by atoms with E-state index in [1.54, 1.807) is 5.32 Å². The van der Waals surface area contributed by atoms with Gasteiger partial charge in [0.15, 0.2) is 6.10 Å². The molecule has 0 spiro atoms. The number of unbranched alkanes of at least 4 members (excludes halogenated alkanes) is 1. The van der Waals surface area contributed by atoms with Crippen LogP contribution in [0.5, 0.6) is 11.5 Å². The first-order chi connectivity index (χ1) is 19.0. The molecule has 0 saturated heterocycles. The third kappa shape index (κ3) is 8.84. The molecule has 2 unspecified atom stereocenters. The second-order valence-corrected chi connectivity index (χ2v) is 11.5. The normalized spacial score (nSPS) is 13.8. The number of rotatable bonds is 13. The molecule has 0 aliphatic carbocycles. The zero-order chi connectivity index (χ0) is 31.2. The molecule has 2 aromatic rings. The van der Waals surface area contributed by atoms with E-state index in [4.69, 9.17) is 4.74 Å². The van der Waals surface area contributed by atoms with Crippen molar-refractivity contribution in [3.63, 3.8) is 0 Å². The quantitative estimate of drug-likeness (QED) is 0.164. The van der Waals surface area contributed by atoms with E-state index in [-0.39, 0.29) is 16.5 Å². The Morgan fingerprint density at radius 2 is 1.54 bits per heavy atom. The fourth-order valence-electron chi connectivity index (χ4n) is 4.05. The Morgan fingerprint density at radius 1 is 0.902 bits per heavy atom. The van der Waals surface area contributed by atoms with E-state index in [0.29, 0.717) is 18.6 Å². The summed E-state index contributed by atoms with van der Waals surface area (Å²) in [6.07, 6.45) is -6.23. The van der Waals surface area contributed by atoms with Gasteiger partial charge < -0.3 is 20.5 Å². The second kappa shape index (κ2) is 13.6. The van der Waals surface area contributed by atoms with Gasteiger partial charge in [0, 0.05) is 17.3 Å². The molecule has 0 aliphatic heterocycles. The summed E-state index contributed by atoms with van der Waals surface area (Å²) < 4.78 is 57.0. The Morgan fingerprint density at radius 3 is 2.07 bits per heavy atom. The van der Waals surface area contributed by atoms with Gasteiger partial charge in [-0.2, -0.15) is 13.2 Å². The first-order valence-corrected chi connectivity index (χ1v) is 13.9. The van der Waals surface area contributed by atoms with E-state index < -0.39 is 41.7 Å². The van der Waals surface area contributed by atoms with E-state index in [0.717, 1.165) is 37.0 Å². The van der Waals surface area contributed by atoms with Crippen molar-refractivity contribution in [1.82, 2.24) is 0 Å². The number of phenolic OH excluding ortho intramolecular Hbond substituents is 1. The van der Waals surface area contributed by atoms with Gasteiger partial charge in [-0.25, -0.2) is 4.39 Å². The summed E-state index contributed by atoms with van der Waals surface area (Å²) in [5, 5.41) is 14.6. The molecule has 228 valence electrons. The molecule has 0 bridgehead atoms. The maximum atomic E-state index is 13.3. The topological polar surface area (TPSA) is 87.7 Å². The smallest absolute Gasteiger partial charge is 0.428 e. The predicted molar refractivity (Wildman–Crippen MR) is 153 cm³/mol. The molecular formula is C31H42F4N2O4. The first-order valence-electron chi connectivity index (χ1n) is 13.9. The first kappa shape index (κ1) is 33.9. The summed E-state index contributed by atoms with van der Waals surface area (Å²) >= 11 is 0. The van der Waals surface area contributed by atoms with Crippen LogP contribution in [0.4, 0.5) is 28.9 Å². The Bertz CT molecular complexity index is 1210. The molecular weight excluding hydrogens is 540 g/mol. The summed E-state index contributed by atoms with van der Waals surface area (Å²) in [4.78, 5) is 24.9. The van der Waals surface area contributed by atoms with Crippen LogP contribution in [0.1, 0.15) is 91.7 Å². The van der Waals surface area contributed by atoms with E-state index in [2.05, 4.69) is 52.9 Å². The van der Waals surface area contributed by atoms with Gasteiger partial charge in [-0.1, -0.05) is 67.0 Å². The molecule has 0 aromatic heterocycles. The molecule has 0 aliphatic rings. The molecule has 3 N–H and O–H groups in total. The third-order valence-electron chi connectivity index (χ3n) is 7.68. The van der Waals surface area contributed by atoms with Crippen LogP contribution in [0.15, 0.2) is 36.4 Å². The highest BCUT2D eigenvalue weighted by Gasteiger charge is 2.45. The van der Waals surface area contributed by atoms with Crippen LogP contribution >= 0.6 is 0 Å². The molecule has 0 saturated carbocycles. The van der Waals surface area contributed by atoms with Gasteiger partial charge in [0.05, 0.1) is 5.69 Å². The number of hydrogen-bond donors (Lipinski definition) is 3. The lowest BCUT2D eigenvalue weighted by atomic mass is 9.76. The largest absolute Gasteiger partial charge is 0.506 e. The van der Waals surface area contributed by atoms with Crippen molar-refractivity contribution in [1.29, 1.82) is 0 Å². The fourth-order valence-corrected chi connectivity index (χ4v) is 4.05. The Kier molecular flexibility index (Phi) is 11.2. The molecule has 0 radical (unpaired) electrons. The number of alkyl halides is 4. The molecule has 41 heavy (non-hydrogen) atoms. The number of nitrogens with one attached hydrogen (secondary N) is 2. The summed E-state index contributed by atoms with van der Waals surface area (Å²) in [5.74, 6) is -2.47. The highest BCUT2D eigenvalue weighted by atomic mass is 19.4. The minimum atomic E-state index is -5.38. The standard InChI is InChI=1S/C31H42F4N2O4/c1-8-11-12-25(41-24-16-13-19(29(4,5)9-2)17-21(24)30(6,7)10-3)27(39)36-20-14-15-22(23(38)18-20)37-28(40)26(32)31(33,34)35/h13-18,25-26,38H,8-12H2,1-7H3,(H,36,39)(H,37,40). The maximum absolute atomic E-state index is 13.3. The van der Waals surface area contributed by atoms with Gasteiger partial charge in [0.25, 0.3) is 18.0 Å². The summed E-state index contributed by atoms with van der Waals surface area (Å²) in [6, 6.07) is 9.49. The van der Waals surface area contributed by atoms with Crippen LogP contribution in [-0.4, -0.2) is 35.4 Å². The summed E-state index contributed by atoms with van der Waals surface area (Å²) in [7, 11) is 0. The number of carbonyl (C=O) groups is 2. The number of ether oxygens (including phenoxy) is 1. The highest BCUT2D eigenvalue weighted by molar-refractivity contribution is 5.97. The van der Waals surface area contributed by atoms with Crippen molar-refractivity contribution in [3.8, 4) is 11.5 Å². The van der Waals surface area contributed by atoms with Gasteiger partial charge in [-0.05, 0) is 60.3 Å². The van der Waals surface area contributed by atoms with Crippen molar-refractivity contribution in [2.75, 3.05) is 10.6 Å². The third-order valence-corrected chi connectivity index (χ3v) is 7.68. The second-order valence-electron chi connectivity index (χ2n) is 11.5. The number of anilines is 2. The number of amides is 2. The number of benzene rings is 2. The molecule has 0 heterocycles. The molecule has 2 amide bonds. The Hall–Kier alpha value is -3.30. The number of halogens is 4. The Labute approximate surface area is 239 Å². The number of carbonyl (C=O) groups excluding carboxylic acids is 2. The van der Waals surface area contributed by atoms with Crippen molar-refractivity contribution in [3.05, 3.63) is 47.5 Å². The van der Waals surface area contributed by atoms with Crippen molar-refractivity contribution in [2.24, 2.45) is 0 Å². The van der Waals surface area contributed by atoms with Gasteiger partial charge in [0.1, 0.15) is 11.5 Å². The minimum absolute atomic E-state index is 0.0401. The van der Waals surface area contributed by atoms with Crippen LogP contribution in [0.25, 0.3) is 0 Å². The number of phenols is 1. The number of hydrogen-bond acceptors (Lipinski definition) is 4.